The molecule has 14 heteroatoms. The Kier molecular flexibility index (Phi) is 13.9. The number of rotatable bonds is 15. The number of thiol groups is 1. The van der Waals surface area contributed by atoms with E-state index in [1.54, 1.807) is 0 Å². The molecule has 0 radical (unpaired) electrons. The van der Waals surface area contributed by atoms with Gasteiger partial charge >= 0.3 is 5.97 Å². The van der Waals surface area contributed by atoms with Crippen LogP contribution in [0.5, 0.6) is 0 Å². The molecule has 178 valence electrons. The molecule has 0 aromatic heterocycles. The van der Waals surface area contributed by atoms with E-state index >= 15 is 0 Å². The maximum Gasteiger partial charge on any atom is 0.326 e. The van der Waals surface area contributed by atoms with Crippen LogP contribution in [0, 0.1) is 0 Å². The molecule has 4 amide bonds. The van der Waals surface area contributed by atoms with Gasteiger partial charge in [-0.2, -0.15) is 24.4 Å². The van der Waals surface area contributed by atoms with Crippen molar-refractivity contribution >= 4 is 54.0 Å². The molecule has 0 aromatic rings. The summed E-state index contributed by atoms with van der Waals surface area (Å²) in [5, 5.41) is 25.9. The number of nitrogens with one attached hydrogen (secondary N) is 3. The minimum Gasteiger partial charge on any atom is -0.480 e. The first-order valence-corrected chi connectivity index (χ1v) is 11.4. The Morgan fingerprint density at radius 3 is 2.03 bits per heavy atom. The van der Waals surface area contributed by atoms with Crippen molar-refractivity contribution in [2.45, 2.75) is 56.5 Å². The van der Waals surface area contributed by atoms with Crippen molar-refractivity contribution in [1.82, 2.24) is 16.0 Å². The zero-order chi connectivity index (χ0) is 24.1. The fraction of sp³-hybridized carbons (Fsp3) is 0.706. The number of aliphatic hydroxyl groups excluding tert-OH is 1. The lowest BCUT2D eigenvalue weighted by Crippen LogP contribution is -2.60. The summed E-state index contributed by atoms with van der Waals surface area (Å²) < 4.78 is 0. The van der Waals surface area contributed by atoms with Gasteiger partial charge < -0.3 is 37.6 Å². The number of primary amides is 1. The summed E-state index contributed by atoms with van der Waals surface area (Å²) in [6, 6.07) is -4.95. The standard InChI is InChI=1S/C17H31N5O7S2/c1-8(23)13(22-14(25)9(18)5-6-31-2)16(27)21-11(7-30)15(26)20-10(17(28)29)3-4-12(19)24/h8-11,13,23,30H,3-7,18H2,1-2H3,(H2,19,24)(H,20,26)(H,21,27)(H,22,25)(H,28,29)/t8-,9+,10+,11+,13+/m1/s1. The van der Waals surface area contributed by atoms with E-state index in [2.05, 4.69) is 28.6 Å². The second kappa shape index (κ2) is 14.9. The van der Waals surface area contributed by atoms with Crippen molar-refractivity contribution in [3.05, 3.63) is 0 Å². The first kappa shape index (κ1) is 29.0. The summed E-state index contributed by atoms with van der Waals surface area (Å²) in [4.78, 5) is 59.2. The first-order valence-electron chi connectivity index (χ1n) is 9.40. The second-order valence-electron chi connectivity index (χ2n) is 6.76. The predicted octanol–water partition coefficient (Wildman–Crippen LogP) is -2.82. The SMILES string of the molecule is CSCC[C@H](N)C(=O)N[C@H](C(=O)N[C@@H](CS)C(=O)N[C@@H](CCC(N)=O)C(=O)O)[C@@H](C)O. The molecule has 0 aliphatic rings. The van der Waals surface area contributed by atoms with Gasteiger partial charge in [0.15, 0.2) is 0 Å². The topological polar surface area (TPSA) is 214 Å². The predicted molar refractivity (Wildman–Crippen MR) is 118 cm³/mol. The van der Waals surface area contributed by atoms with Gasteiger partial charge in [0, 0.05) is 12.2 Å². The normalized spacial score (nSPS) is 15.6. The number of aliphatic hydroxyl groups is 1. The van der Waals surface area contributed by atoms with Gasteiger partial charge in [0.2, 0.25) is 23.6 Å². The van der Waals surface area contributed by atoms with Gasteiger partial charge in [-0.05, 0) is 31.8 Å². The van der Waals surface area contributed by atoms with Crippen molar-refractivity contribution in [3.8, 4) is 0 Å². The molecule has 0 aromatic carbocycles. The largest absolute Gasteiger partial charge is 0.480 e. The Morgan fingerprint density at radius 2 is 1.58 bits per heavy atom. The number of hydrogen-bond acceptors (Lipinski definition) is 9. The maximum atomic E-state index is 12.5. The van der Waals surface area contributed by atoms with E-state index in [4.69, 9.17) is 11.5 Å². The molecular weight excluding hydrogens is 450 g/mol. The third-order valence-electron chi connectivity index (χ3n) is 4.14. The maximum absolute atomic E-state index is 12.5. The average molecular weight is 482 g/mol. The average Bonchev–Trinajstić information content (AvgIpc) is 2.69. The van der Waals surface area contributed by atoms with Crippen LogP contribution in [0.1, 0.15) is 26.2 Å². The van der Waals surface area contributed by atoms with Crippen molar-refractivity contribution in [1.29, 1.82) is 0 Å². The van der Waals surface area contributed by atoms with Crippen LogP contribution < -0.4 is 27.4 Å². The highest BCUT2D eigenvalue weighted by molar-refractivity contribution is 7.98. The van der Waals surface area contributed by atoms with Crippen molar-refractivity contribution in [2.75, 3.05) is 17.8 Å². The number of carboxylic acid groups (broad SMARTS) is 1. The van der Waals surface area contributed by atoms with Crippen LogP contribution in [-0.2, 0) is 24.0 Å². The van der Waals surface area contributed by atoms with Gasteiger partial charge in [-0.3, -0.25) is 19.2 Å². The second-order valence-corrected chi connectivity index (χ2v) is 8.11. The lowest BCUT2D eigenvalue weighted by Gasteiger charge is -2.25. The fourth-order valence-electron chi connectivity index (χ4n) is 2.31. The van der Waals surface area contributed by atoms with Crippen LogP contribution in [0.15, 0.2) is 0 Å². The summed E-state index contributed by atoms with van der Waals surface area (Å²) in [6.07, 6.45) is 0.418. The molecule has 0 bridgehead atoms. The Balaban J connectivity index is 5.11. The summed E-state index contributed by atoms with van der Waals surface area (Å²) in [7, 11) is 0. The van der Waals surface area contributed by atoms with Crippen molar-refractivity contribution in [3.63, 3.8) is 0 Å². The number of hydrogen-bond donors (Lipinski definition) is 8. The molecule has 0 unspecified atom stereocenters. The summed E-state index contributed by atoms with van der Waals surface area (Å²) in [6.45, 7) is 1.28. The summed E-state index contributed by atoms with van der Waals surface area (Å²) in [5.41, 5.74) is 10.7. The summed E-state index contributed by atoms with van der Waals surface area (Å²) >= 11 is 5.48. The van der Waals surface area contributed by atoms with Gasteiger partial charge in [-0.25, -0.2) is 4.79 Å². The third-order valence-corrected chi connectivity index (χ3v) is 5.15. The molecular formula is C17H31N5O7S2. The van der Waals surface area contributed by atoms with Crippen LogP contribution in [0.3, 0.4) is 0 Å². The Hall–Kier alpha value is -2.03. The third kappa shape index (κ3) is 11.2. The van der Waals surface area contributed by atoms with E-state index in [9.17, 15) is 34.2 Å². The van der Waals surface area contributed by atoms with Gasteiger partial charge in [0.25, 0.3) is 0 Å². The molecule has 0 saturated carbocycles. The zero-order valence-electron chi connectivity index (χ0n) is 17.4. The number of nitrogens with two attached hydrogens (primary N) is 2. The molecule has 0 aliphatic heterocycles. The molecule has 12 nitrogen and oxygen atoms in total. The zero-order valence-corrected chi connectivity index (χ0v) is 19.1. The molecule has 0 aliphatic carbocycles. The van der Waals surface area contributed by atoms with Gasteiger partial charge in [0.05, 0.1) is 12.1 Å². The van der Waals surface area contributed by atoms with E-state index in [0.29, 0.717) is 12.2 Å². The molecule has 0 heterocycles. The van der Waals surface area contributed by atoms with E-state index in [-0.39, 0.29) is 18.6 Å². The van der Waals surface area contributed by atoms with E-state index in [0.717, 1.165) is 0 Å². The van der Waals surface area contributed by atoms with Gasteiger partial charge in [0.1, 0.15) is 18.1 Å². The van der Waals surface area contributed by atoms with Crippen LogP contribution in [0.4, 0.5) is 0 Å². The first-order chi connectivity index (χ1) is 14.4. The quantitative estimate of drug-likeness (QED) is 0.113. The Labute approximate surface area is 190 Å². The minimum absolute atomic E-state index is 0.201. The minimum atomic E-state index is -1.40. The number of carboxylic acids is 1. The number of thioether (sulfide) groups is 1. The lowest BCUT2D eigenvalue weighted by atomic mass is 10.1. The highest BCUT2D eigenvalue weighted by atomic mass is 32.2. The number of amides is 4. The smallest absolute Gasteiger partial charge is 0.326 e. The number of carbonyl (C=O) groups is 5. The monoisotopic (exact) mass is 481 g/mol. The molecule has 0 fully saturated rings. The molecule has 0 rings (SSSR count). The molecule has 31 heavy (non-hydrogen) atoms. The van der Waals surface area contributed by atoms with Crippen LogP contribution >= 0.6 is 24.4 Å². The van der Waals surface area contributed by atoms with Crippen LogP contribution in [-0.4, -0.2) is 87.8 Å². The van der Waals surface area contributed by atoms with Gasteiger partial charge in [-0.1, -0.05) is 0 Å². The number of aliphatic carboxylic acids is 1. The van der Waals surface area contributed by atoms with Crippen molar-refractivity contribution in [2.24, 2.45) is 11.5 Å². The highest BCUT2D eigenvalue weighted by Crippen LogP contribution is 2.03. The fourth-order valence-corrected chi connectivity index (χ4v) is 3.06. The highest BCUT2D eigenvalue weighted by Gasteiger charge is 2.31. The molecule has 0 spiro atoms. The Morgan fingerprint density at radius 1 is 1.00 bits per heavy atom. The van der Waals surface area contributed by atoms with E-state index in [1.807, 2.05) is 6.26 Å². The van der Waals surface area contributed by atoms with E-state index < -0.39 is 59.9 Å². The lowest BCUT2D eigenvalue weighted by molar-refractivity contribution is -0.142. The van der Waals surface area contributed by atoms with E-state index in [1.165, 1.54) is 18.7 Å². The van der Waals surface area contributed by atoms with Crippen molar-refractivity contribution < 1.29 is 34.2 Å². The molecule has 5 atom stereocenters. The summed E-state index contributed by atoms with van der Waals surface area (Å²) in [5.74, 6) is -4.07. The molecule has 9 N–H and O–H groups in total. The van der Waals surface area contributed by atoms with Gasteiger partial charge in [-0.15, -0.1) is 0 Å². The number of carbonyl (C=O) groups excluding carboxylic acids is 4. The Bertz CT molecular complexity index is 650. The van der Waals surface area contributed by atoms with Crippen LogP contribution in [0.25, 0.3) is 0 Å². The van der Waals surface area contributed by atoms with Crippen LogP contribution in [0.2, 0.25) is 0 Å². The molecule has 0 saturated heterocycles.